The molecular weight excluding hydrogens is 326 g/mol. The zero-order chi connectivity index (χ0) is 18.5. The quantitative estimate of drug-likeness (QED) is 0.560. The van der Waals surface area contributed by atoms with E-state index in [2.05, 4.69) is 11.1 Å². The summed E-state index contributed by atoms with van der Waals surface area (Å²) in [5.74, 6) is -0.715. The molecule has 0 saturated carbocycles. The van der Waals surface area contributed by atoms with Crippen LogP contribution in [-0.4, -0.2) is 16.4 Å². The van der Waals surface area contributed by atoms with Gasteiger partial charge in [-0.05, 0) is 35.4 Å². The van der Waals surface area contributed by atoms with Crippen LogP contribution in [0, 0.1) is 11.3 Å². The molecule has 0 aliphatic heterocycles. The van der Waals surface area contributed by atoms with Gasteiger partial charge in [-0.25, -0.2) is 0 Å². The molecule has 3 rings (SSSR count). The summed E-state index contributed by atoms with van der Waals surface area (Å²) in [5, 5.41) is 9.15. The summed E-state index contributed by atoms with van der Waals surface area (Å²) < 4.78 is 1.85. The Morgan fingerprint density at radius 1 is 0.962 bits per heavy atom. The number of nitriles is 1. The molecule has 6 nitrogen and oxygen atoms in total. The Hall–Kier alpha value is -3.85. The number of benzene rings is 2. The summed E-state index contributed by atoms with van der Waals surface area (Å²) >= 11 is 0. The van der Waals surface area contributed by atoms with Gasteiger partial charge in [0.25, 0.3) is 5.91 Å². The van der Waals surface area contributed by atoms with Gasteiger partial charge in [-0.1, -0.05) is 42.5 Å². The summed E-state index contributed by atoms with van der Waals surface area (Å²) in [6, 6.07) is 22.9. The van der Waals surface area contributed by atoms with E-state index in [1.54, 1.807) is 12.1 Å². The highest BCUT2D eigenvalue weighted by Crippen LogP contribution is 2.29. The van der Waals surface area contributed by atoms with Gasteiger partial charge in [0.05, 0.1) is 11.6 Å². The number of hydrogen-bond acceptors (Lipinski definition) is 2. The van der Waals surface area contributed by atoms with Crippen molar-refractivity contribution >= 4 is 11.9 Å². The average Bonchev–Trinajstić information content (AvgIpc) is 3.05. The third-order valence-corrected chi connectivity index (χ3v) is 3.88. The number of carbonyl (C=O) groups excluding carboxylic acids is 1. The van der Waals surface area contributed by atoms with Crippen LogP contribution in [0.25, 0.3) is 22.5 Å². The highest BCUT2D eigenvalue weighted by Gasteiger charge is 2.15. The molecule has 1 aromatic heterocycles. The molecule has 0 spiro atoms. The van der Waals surface area contributed by atoms with Crippen LogP contribution in [0.1, 0.15) is 5.56 Å². The molecule has 0 fully saturated rings. The van der Waals surface area contributed by atoms with Crippen molar-refractivity contribution < 1.29 is 4.79 Å². The molecule has 0 radical (unpaired) electrons. The number of hydrogen-bond donors (Lipinski definition) is 2. The molecule has 0 saturated heterocycles. The lowest BCUT2D eigenvalue weighted by atomic mass is 10.1. The van der Waals surface area contributed by atoms with Crippen molar-refractivity contribution in [1.29, 1.82) is 5.26 Å². The Morgan fingerprint density at radius 2 is 1.62 bits per heavy atom. The maximum absolute atomic E-state index is 12.2. The van der Waals surface area contributed by atoms with Gasteiger partial charge in [0.2, 0.25) is 0 Å². The molecule has 0 bridgehead atoms. The van der Waals surface area contributed by atoms with E-state index < -0.39 is 5.91 Å². The Labute approximate surface area is 151 Å². The van der Waals surface area contributed by atoms with Gasteiger partial charge < -0.3 is 16.0 Å². The van der Waals surface area contributed by atoms with Crippen molar-refractivity contribution in [3.05, 3.63) is 72.3 Å². The van der Waals surface area contributed by atoms with Crippen LogP contribution in [0.2, 0.25) is 0 Å². The first-order chi connectivity index (χ1) is 12.6. The van der Waals surface area contributed by atoms with Crippen LogP contribution in [-0.2, 0) is 11.3 Å². The lowest BCUT2D eigenvalue weighted by Gasteiger charge is -2.12. The number of carbonyl (C=O) groups is 1. The third-order valence-electron chi connectivity index (χ3n) is 3.88. The van der Waals surface area contributed by atoms with Crippen molar-refractivity contribution in [2.24, 2.45) is 16.5 Å². The van der Waals surface area contributed by atoms with Crippen LogP contribution in [0.3, 0.4) is 0 Å². The third kappa shape index (κ3) is 3.62. The first-order valence-corrected chi connectivity index (χ1v) is 7.96. The average molecular weight is 343 g/mol. The summed E-state index contributed by atoms with van der Waals surface area (Å²) in [6.07, 6.45) is 0. The fourth-order valence-electron chi connectivity index (χ4n) is 2.81. The highest BCUT2D eigenvalue weighted by molar-refractivity contribution is 5.92. The number of nitrogens with two attached hydrogens (primary N) is 2. The molecule has 128 valence electrons. The Balaban J connectivity index is 2.13. The lowest BCUT2D eigenvalue weighted by Crippen LogP contribution is -2.25. The molecule has 3 aromatic rings. The zero-order valence-electron chi connectivity index (χ0n) is 14.0. The van der Waals surface area contributed by atoms with Crippen molar-refractivity contribution in [3.63, 3.8) is 0 Å². The minimum Gasteiger partial charge on any atom is -0.370 e. The minimum atomic E-state index is -0.448. The van der Waals surface area contributed by atoms with Gasteiger partial charge in [-0.3, -0.25) is 4.79 Å². The second-order valence-corrected chi connectivity index (χ2v) is 5.68. The van der Waals surface area contributed by atoms with Gasteiger partial charge >= 0.3 is 0 Å². The van der Waals surface area contributed by atoms with Gasteiger partial charge in [-0.2, -0.15) is 10.3 Å². The van der Waals surface area contributed by atoms with E-state index in [-0.39, 0.29) is 12.5 Å². The molecule has 0 aliphatic carbocycles. The van der Waals surface area contributed by atoms with E-state index >= 15 is 0 Å². The molecule has 0 aliphatic rings. The fraction of sp³-hybridized carbons (Fsp3) is 0.0500. The lowest BCUT2D eigenvalue weighted by molar-refractivity contribution is -0.118. The number of nitrogens with zero attached hydrogens (tertiary/aromatic N) is 3. The topological polar surface area (TPSA) is 110 Å². The molecule has 0 unspecified atom stereocenters. The van der Waals surface area contributed by atoms with Crippen molar-refractivity contribution in [2.45, 2.75) is 6.54 Å². The second kappa shape index (κ2) is 7.36. The molecular formula is C20H17N5O. The number of aromatic nitrogens is 1. The van der Waals surface area contributed by atoms with Crippen LogP contribution < -0.4 is 11.5 Å². The largest absolute Gasteiger partial charge is 0.370 e. The van der Waals surface area contributed by atoms with E-state index in [9.17, 15) is 4.79 Å². The summed E-state index contributed by atoms with van der Waals surface area (Å²) in [4.78, 5) is 15.8. The standard InChI is InChI=1S/C20H17N5O/c21-12-14-5-4-8-16(11-14)18-10-9-17(15-6-2-1-3-7-15)25(18)13-19(26)24-20(22)23/h1-11H,13H2,(H4,22,23,24,26). The minimum absolute atomic E-state index is 0.0127. The zero-order valence-corrected chi connectivity index (χ0v) is 14.0. The Kier molecular flexibility index (Phi) is 4.81. The molecule has 1 heterocycles. The summed E-state index contributed by atoms with van der Waals surface area (Å²) in [5.41, 5.74) is 14.7. The first kappa shape index (κ1) is 17.0. The molecule has 2 aromatic carbocycles. The van der Waals surface area contributed by atoms with E-state index in [1.165, 1.54) is 0 Å². The predicted molar refractivity (Wildman–Crippen MR) is 101 cm³/mol. The van der Waals surface area contributed by atoms with Gasteiger partial charge in [0.1, 0.15) is 6.54 Å². The maximum atomic E-state index is 12.2. The molecule has 4 N–H and O–H groups in total. The second-order valence-electron chi connectivity index (χ2n) is 5.68. The van der Waals surface area contributed by atoms with Crippen LogP contribution >= 0.6 is 0 Å². The van der Waals surface area contributed by atoms with E-state index in [1.807, 2.05) is 59.2 Å². The van der Waals surface area contributed by atoms with Crippen molar-refractivity contribution in [1.82, 2.24) is 4.57 Å². The first-order valence-electron chi connectivity index (χ1n) is 7.96. The fourth-order valence-corrected chi connectivity index (χ4v) is 2.81. The number of amides is 1. The van der Waals surface area contributed by atoms with Gasteiger partial charge in [0, 0.05) is 11.4 Å². The number of aliphatic imine (C=N–C) groups is 1. The van der Waals surface area contributed by atoms with Crippen LogP contribution in [0.5, 0.6) is 0 Å². The highest BCUT2D eigenvalue weighted by atomic mass is 16.1. The predicted octanol–water partition coefficient (Wildman–Crippen LogP) is 2.49. The van der Waals surface area contributed by atoms with Crippen LogP contribution in [0.4, 0.5) is 0 Å². The molecule has 26 heavy (non-hydrogen) atoms. The molecule has 6 heteroatoms. The summed E-state index contributed by atoms with van der Waals surface area (Å²) in [7, 11) is 0. The van der Waals surface area contributed by atoms with E-state index in [0.29, 0.717) is 5.56 Å². The normalized spacial score (nSPS) is 10.1. The van der Waals surface area contributed by atoms with Crippen molar-refractivity contribution in [3.8, 4) is 28.6 Å². The van der Waals surface area contributed by atoms with Crippen LogP contribution in [0.15, 0.2) is 71.7 Å². The Morgan fingerprint density at radius 3 is 2.27 bits per heavy atom. The van der Waals surface area contributed by atoms with E-state index in [4.69, 9.17) is 16.7 Å². The smallest absolute Gasteiger partial charge is 0.268 e. The van der Waals surface area contributed by atoms with Gasteiger partial charge in [-0.15, -0.1) is 0 Å². The van der Waals surface area contributed by atoms with Crippen molar-refractivity contribution in [2.75, 3.05) is 0 Å². The van der Waals surface area contributed by atoms with E-state index in [0.717, 1.165) is 22.5 Å². The SMILES string of the molecule is N#Cc1cccc(-c2ccc(-c3ccccc3)n2CC(=O)N=C(N)N)c1. The van der Waals surface area contributed by atoms with Gasteiger partial charge in [0.15, 0.2) is 5.96 Å². The maximum Gasteiger partial charge on any atom is 0.268 e. The number of guanidine groups is 1. The molecule has 0 atom stereocenters. The monoisotopic (exact) mass is 343 g/mol. The Bertz CT molecular complexity index is 1010. The number of rotatable bonds is 4. The molecule has 1 amide bonds. The summed E-state index contributed by atoms with van der Waals surface area (Å²) in [6.45, 7) is -0.0127.